The molecule has 0 bridgehead atoms. The number of carboxylic acid groups (broad SMARTS) is 2. The fourth-order valence-corrected chi connectivity index (χ4v) is 3.69. The van der Waals surface area contributed by atoms with Gasteiger partial charge in [-0.25, -0.2) is 14.6 Å². The summed E-state index contributed by atoms with van der Waals surface area (Å²) >= 11 is 0. The van der Waals surface area contributed by atoms with E-state index in [1.54, 1.807) is 24.3 Å². The Bertz CT molecular complexity index is 1760. The molecule has 0 saturated heterocycles. The first-order chi connectivity index (χ1) is 15.8. The molecule has 162 valence electrons. The van der Waals surface area contributed by atoms with Gasteiger partial charge >= 0.3 is 11.9 Å². The number of carbonyl (C=O) groups is 3. The zero-order valence-electron chi connectivity index (χ0n) is 16.7. The van der Waals surface area contributed by atoms with Gasteiger partial charge in [-0.05, 0) is 60.7 Å². The lowest BCUT2D eigenvalue weighted by Crippen LogP contribution is -2.24. The first-order valence-corrected chi connectivity index (χ1v) is 9.68. The summed E-state index contributed by atoms with van der Waals surface area (Å²) in [7, 11) is 0. The Morgan fingerprint density at radius 2 is 1.58 bits per heavy atom. The van der Waals surface area contributed by atoms with Gasteiger partial charge in [0.1, 0.15) is 10.8 Å². The van der Waals surface area contributed by atoms with Crippen LogP contribution in [0.3, 0.4) is 0 Å². The molecule has 1 aliphatic rings. The molecule has 0 fully saturated rings. The number of furan rings is 1. The average molecular weight is 442 g/mol. The fraction of sp³-hybridized carbons (Fsp3) is 0. The van der Waals surface area contributed by atoms with E-state index in [0.29, 0.717) is 37.9 Å². The maximum Gasteiger partial charge on any atom is 0.335 e. The standard InChI is InChI=1S/C24H14N2O7/c27-21-17(15-7-11(23(29)30)1-5-19(15)25-21)9-13-3-4-14(33-13)10-18-16-8-12(24(31)32)2-6-20(16)26-22(18)28/h1-10,25,27H,(H,29,30)(H,31,32). The van der Waals surface area contributed by atoms with Crippen molar-refractivity contribution in [2.24, 2.45) is 4.99 Å². The highest BCUT2D eigenvalue weighted by Gasteiger charge is 2.16. The second kappa shape index (κ2) is 7.34. The van der Waals surface area contributed by atoms with E-state index >= 15 is 0 Å². The predicted octanol–water partition coefficient (Wildman–Crippen LogP) is 0.483. The average Bonchev–Trinajstić information content (AvgIpc) is 3.44. The van der Waals surface area contributed by atoms with Crippen LogP contribution < -0.4 is 21.4 Å². The van der Waals surface area contributed by atoms with Crippen molar-refractivity contribution in [2.75, 3.05) is 0 Å². The Labute approximate surface area is 183 Å². The molecule has 0 atom stereocenters. The summed E-state index contributed by atoms with van der Waals surface area (Å²) < 4.78 is 5.76. The number of amides is 1. The number of carbonyl (C=O) groups excluding carboxylic acids is 1. The molecule has 5 rings (SSSR count). The molecule has 1 amide bonds. The van der Waals surface area contributed by atoms with Gasteiger partial charge in [-0.2, -0.15) is 0 Å². The van der Waals surface area contributed by atoms with E-state index in [-0.39, 0.29) is 22.6 Å². The minimum Gasteiger partial charge on any atom is -0.494 e. The zero-order valence-corrected chi connectivity index (χ0v) is 16.7. The van der Waals surface area contributed by atoms with Gasteiger partial charge in [0.15, 0.2) is 5.88 Å². The molecule has 0 unspecified atom stereocenters. The van der Waals surface area contributed by atoms with Crippen molar-refractivity contribution >= 4 is 46.5 Å². The van der Waals surface area contributed by atoms with Gasteiger partial charge in [-0.15, -0.1) is 0 Å². The highest BCUT2D eigenvalue weighted by Crippen LogP contribution is 2.28. The summed E-state index contributed by atoms with van der Waals surface area (Å²) in [5, 5.41) is 30.0. The number of aromatic amines is 1. The number of carboxylic acids is 2. The Hall–Kier alpha value is -4.92. The molecule has 0 saturated carbocycles. The summed E-state index contributed by atoms with van der Waals surface area (Å²) in [6.45, 7) is 0. The number of nitrogens with zero attached hydrogens (tertiary/aromatic N) is 1. The van der Waals surface area contributed by atoms with E-state index < -0.39 is 17.8 Å². The van der Waals surface area contributed by atoms with Gasteiger partial charge in [0, 0.05) is 21.7 Å². The normalized spacial score (nSPS) is 14.1. The molecule has 0 aliphatic carbocycles. The van der Waals surface area contributed by atoms with Gasteiger partial charge in [-0.3, -0.25) is 4.79 Å². The quantitative estimate of drug-likeness (QED) is 0.359. The van der Waals surface area contributed by atoms with Crippen LogP contribution in [0, 0.1) is 0 Å². The third-order valence-corrected chi connectivity index (χ3v) is 5.27. The van der Waals surface area contributed by atoms with Crippen LogP contribution in [0.4, 0.5) is 0 Å². The highest BCUT2D eigenvalue weighted by atomic mass is 16.4. The number of aromatic nitrogens is 1. The van der Waals surface area contributed by atoms with Crippen LogP contribution in [-0.4, -0.2) is 38.1 Å². The Kier molecular flexibility index (Phi) is 4.45. The second-order valence-corrected chi connectivity index (χ2v) is 7.35. The second-order valence-electron chi connectivity index (χ2n) is 7.35. The molecular weight excluding hydrogens is 428 g/mol. The molecule has 1 aliphatic heterocycles. The molecule has 2 aromatic carbocycles. The van der Waals surface area contributed by atoms with Gasteiger partial charge in [-0.1, -0.05) is 0 Å². The van der Waals surface area contributed by atoms with Gasteiger partial charge in [0.25, 0.3) is 5.91 Å². The third kappa shape index (κ3) is 3.47. The highest BCUT2D eigenvalue weighted by molar-refractivity contribution is 6.25. The lowest BCUT2D eigenvalue weighted by molar-refractivity contribution is -0.112. The Balaban J connectivity index is 1.63. The van der Waals surface area contributed by atoms with Crippen molar-refractivity contribution in [2.45, 2.75) is 0 Å². The van der Waals surface area contributed by atoms with Gasteiger partial charge in [0.05, 0.1) is 22.1 Å². The van der Waals surface area contributed by atoms with E-state index in [4.69, 9.17) is 4.42 Å². The van der Waals surface area contributed by atoms with Crippen molar-refractivity contribution in [3.8, 4) is 5.88 Å². The number of fused-ring (bicyclic) bond motifs is 2. The molecule has 33 heavy (non-hydrogen) atoms. The first kappa shape index (κ1) is 20.0. The summed E-state index contributed by atoms with van der Waals surface area (Å²) in [4.78, 5) is 41.6. The summed E-state index contributed by atoms with van der Waals surface area (Å²) in [6.07, 6.45) is 3.01. The third-order valence-electron chi connectivity index (χ3n) is 5.27. The molecule has 4 N–H and O–H groups in total. The summed E-state index contributed by atoms with van der Waals surface area (Å²) in [5.74, 6) is -2.86. The minimum absolute atomic E-state index is 0.0357. The Morgan fingerprint density at radius 3 is 2.30 bits per heavy atom. The van der Waals surface area contributed by atoms with E-state index in [9.17, 15) is 29.7 Å². The van der Waals surface area contributed by atoms with E-state index in [2.05, 4.69) is 9.98 Å². The molecule has 3 heterocycles. The van der Waals surface area contributed by atoms with E-state index in [0.717, 1.165) is 0 Å². The number of aromatic hydroxyl groups is 1. The van der Waals surface area contributed by atoms with Crippen molar-refractivity contribution in [1.29, 1.82) is 0 Å². The van der Waals surface area contributed by atoms with E-state index in [1.165, 1.54) is 36.4 Å². The number of aromatic carboxylic acids is 2. The van der Waals surface area contributed by atoms with Crippen molar-refractivity contribution in [3.05, 3.63) is 86.6 Å². The molecular formula is C24H14N2O7. The van der Waals surface area contributed by atoms with E-state index in [1.807, 2.05) is 0 Å². The summed E-state index contributed by atoms with van der Waals surface area (Å²) in [5.41, 5.74) is 1.89. The SMILES string of the molecule is O=C1N=c2ccc(C(=O)O)cc2=C1C=c1ccc(=Cc2c(O)[nH]c3ccc(C(=O)O)cc23)o1. The minimum atomic E-state index is -1.11. The molecule has 9 heteroatoms. The molecule has 4 aromatic rings. The van der Waals surface area contributed by atoms with Crippen LogP contribution in [0.5, 0.6) is 5.88 Å². The molecule has 9 nitrogen and oxygen atoms in total. The van der Waals surface area contributed by atoms with Crippen molar-refractivity contribution in [3.63, 3.8) is 0 Å². The van der Waals surface area contributed by atoms with Crippen LogP contribution in [0.1, 0.15) is 26.3 Å². The largest absolute Gasteiger partial charge is 0.494 e. The van der Waals surface area contributed by atoms with Crippen molar-refractivity contribution < 1.29 is 34.1 Å². The van der Waals surface area contributed by atoms with Gasteiger partial charge in [0.2, 0.25) is 0 Å². The summed E-state index contributed by atoms with van der Waals surface area (Å²) in [6, 6.07) is 11.9. The maximum atomic E-state index is 12.3. The number of rotatable bonds is 4. The van der Waals surface area contributed by atoms with Crippen LogP contribution in [-0.2, 0) is 4.79 Å². The number of nitrogens with one attached hydrogen (secondary N) is 1. The van der Waals surface area contributed by atoms with Crippen LogP contribution in [0.25, 0.3) is 28.6 Å². The van der Waals surface area contributed by atoms with Crippen molar-refractivity contribution in [1.82, 2.24) is 4.98 Å². The lowest BCUT2D eigenvalue weighted by atomic mass is 10.1. The number of H-pyrrole nitrogens is 1. The molecule has 2 aromatic heterocycles. The monoisotopic (exact) mass is 442 g/mol. The number of hydrogen-bond acceptors (Lipinski definition) is 5. The fourth-order valence-electron chi connectivity index (χ4n) is 3.69. The number of benzene rings is 2. The lowest BCUT2D eigenvalue weighted by Gasteiger charge is -1.95. The smallest absolute Gasteiger partial charge is 0.335 e. The first-order valence-electron chi connectivity index (χ1n) is 9.68. The van der Waals surface area contributed by atoms with Crippen LogP contribution >= 0.6 is 0 Å². The van der Waals surface area contributed by atoms with Gasteiger partial charge < -0.3 is 24.7 Å². The van der Waals surface area contributed by atoms with Crippen LogP contribution in [0.15, 0.2) is 57.9 Å². The zero-order chi connectivity index (χ0) is 23.3. The molecule has 0 radical (unpaired) electrons. The van der Waals surface area contributed by atoms with Crippen LogP contribution in [0.2, 0.25) is 0 Å². The molecule has 0 spiro atoms. The Morgan fingerprint density at radius 1 is 0.909 bits per heavy atom. The predicted molar refractivity (Wildman–Crippen MR) is 116 cm³/mol. The maximum absolute atomic E-state index is 12.3. The topological polar surface area (TPSA) is 153 Å². The number of hydrogen-bond donors (Lipinski definition) is 4.